The van der Waals surface area contributed by atoms with E-state index in [-0.39, 0.29) is 5.69 Å². The van der Waals surface area contributed by atoms with Crippen molar-refractivity contribution >= 4 is 5.97 Å². The van der Waals surface area contributed by atoms with Crippen molar-refractivity contribution in [1.29, 1.82) is 0 Å². The number of hydrogen-bond acceptors (Lipinski definition) is 4. The molecule has 0 amide bonds. The smallest absolute Gasteiger partial charge is 0.358 e. The molecule has 2 aromatic rings. The van der Waals surface area contributed by atoms with Crippen LogP contribution in [0.2, 0.25) is 0 Å². The summed E-state index contributed by atoms with van der Waals surface area (Å²) in [4.78, 5) is 10.9. The van der Waals surface area contributed by atoms with E-state index < -0.39 is 5.97 Å². The predicted molar refractivity (Wildman–Crippen MR) is 77.6 cm³/mol. The van der Waals surface area contributed by atoms with Gasteiger partial charge in [-0.15, -0.1) is 5.10 Å². The number of aromatic nitrogens is 3. The summed E-state index contributed by atoms with van der Waals surface area (Å²) in [5, 5.41) is 16.4. The molecule has 21 heavy (non-hydrogen) atoms. The van der Waals surface area contributed by atoms with Crippen LogP contribution >= 0.6 is 0 Å². The molecule has 0 saturated heterocycles. The van der Waals surface area contributed by atoms with E-state index in [1.54, 1.807) is 11.6 Å². The van der Waals surface area contributed by atoms with E-state index in [4.69, 9.17) is 9.84 Å². The van der Waals surface area contributed by atoms with Crippen molar-refractivity contribution in [2.45, 2.75) is 33.2 Å². The van der Waals surface area contributed by atoms with Crippen molar-refractivity contribution in [2.75, 3.05) is 6.61 Å². The molecule has 0 saturated carbocycles. The minimum Gasteiger partial charge on any atom is -0.494 e. The number of carboxylic acids is 1. The lowest BCUT2D eigenvalue weighted by Crippen LogP contribution is -2.06. The summed E-state index contributed by atoms with van der Waals surface area (Å²) in [7, 11) is 0. The molecular weight excluding hydrogens is 270 g/mol. The Kier molecular flexibility index (Phi) is 4.92. The van der Waals surface area contributed by atoms with E-state index >= 15 is 0 Å². The first kappa shape index (κ1) is 15.0. The number of benzene rings is 1. The number of nitrogens with zero attached hydrogens (tertiary/aromatic N) is 3. The SMILES string of the molecule is Cc1cccc(OCCCCn2nnc(C(=O)O)c2C)c1. The largest absolute Gasteiger partial charge is 0.494 e. The van der Waals surface area contributed by atoms with Gasteiger partial charge in [0.2, 0.25) is 0 Å². The molecule has 0 aliphatic carbocycles. The number of ether oxygens (including phenoxy) is 1. The molecule has 0 aliphatic heterocycles. The van der Waals surface area contributed by atoms with Crippen molar-refractivity contribution in [3.63, 3.8) is 0 Å². The summed E-state index contributed by atoms with van der Waals surface area (Å²) in [5.41, 5.74) is 1.78. The van der Waals surface area contributed by atoms with Gasteiger partial charge in [-0.05, 0) is 44.4 Å². The lowest BCUT2D eigenvalue weighted by atomic mass is 10.2. The van der Waals surface area contributed by atoms with Crippen LogP contribution in [0.1, 0.15) is 34.6 Å². The predicted octanol–water partition coefficient (Wildman–Crippen LogP) is 2.45. The van der Waals surface area contributed by atoms with Crippen LogP contribution in [0.3, 0.4) is 0 Å². The molecule has 112 valence electrons. The highest BCUT2D eigenvalue weighted by Crippen LogP contribution is 2.13. The lowest BCUT2D eigenvalue weighted by molar-refractivity contribution is 0.0689. The maximum atomic E-state index is 10.9. The van der Waals surface area contributed by atoms with Gasteiger partial charge in [-0.1, -0.05) is 17.3 Å². The quantitative estimate of drug-likeness (QED) is 0.792. The van der Waals surface area contributed by atoms with Crippen LogP contribution in [0.4, 0.5) is 0 Å². The highest BCUT2D eigenvalue weighted by Gasteiger charge is 2.14. The number of unbranched alkanes of at least 4 members (excludes halogenated alkanes) is 1. The van der Waals surface area contributed by atoms with Gasteiger partial charge >= 0.3 is 5.97 Å². The number of hydrogen-bond donors (Lipinski definition) is 1. The molecule has 0 bridgehead atoms. The minimum atomic E-state index is -1.04. The molecule has 0 radical (unpaired) electrons. The van der Waals surface area contributed by atoms with Gasteiger partial charge < -0.3 is 9.84 Å². The summed E-state index contributed by atoms with van der Waals surface area (Å²) >= 11 is 0. The van der Waals surface area contributed by atoms with Crippen LogP contribution in [0.5, 0.6) is 5.75 Å². The Bertz CT molecular complexity index is 622. The normalized spacial score (nSPS) is 10.6. The van der Waals surface area contributed by atoms with E-state index in [0.717, 1.165) is 18.6 Å². The third kappa shape index (κ3) is 4.05. The van der Waals surface area contributed by atoms with Gasteiger partial charge in [0.15, 0.2) is 5.69 Å². The average molecular weight is 289 g/mol. The van der Waals surface area contributed by atoms with E-state index in [1.165, 1.54) is 5.56 Å². The Balaban J connectivity index is 1.74. The molecule has 0 fully saturated rings. The molecule has 6 nitrogen and oxygen atoms in total. The number of rotatable bonds is 7. The van der Waals surface area contributed by atoms with E-state index in [0.29, 0.717) is 18.8 Å². The van der Waals surface area contributed by atoms with Crippen LogP contribution in [0, 0.1) is 13.8 Å². The first-order valence-electron chi connectivity index (χ1n) is 6.91. The molecule has 6 heteroatoms. The molecule has 2 rings (SSSR count). The van der Waals surface area contributed by atoms with Crippen molar-refractivity contribution in [3.05, 3.63) is 41.2 Å². The van der Waals surface area contributed by atoms with E-state index in [2.05, 4.69) is 10.3 Å². The number of carboxylic acid groups (broad SMARTS) is 1. The van der Waals surface area contributed by atoms with Crippen LogP contribution in [0.15, 0.2) is 24.3 Å². The molecule has 0 unspecified atom stereocenters. The standard InChI is InChI=1S/C15H19N3O3/c1-11-6-5-7-13(10-11)21-9-4-3-8-18-12(2)14(15(19)20)16-17-18/h5-7,10H,3-4,8-9H2,1-2H3,(H,19,20). The van der Waals surface area contributed by atoms with Gasteiger partial charge in [0.05, 0.1) is 12.3 Å². The summed E-state index contributed by atoms with van der Waals surface area (Å²) < 4.78 is 7.28. The Morgan fingerprint density at radius 1 is 1.33 bits per heavy atom. The molecule has 1 aromatic carbocycles. The minimum absolute atomic E-state index is 0.0195. The Labute approximate surface area is 123 Å². The van der Waals surface area contributed by atoms with Crippen LogP contribution < -0.4 is 4.74 Å². The molecule has 1 aromatic heterocycles. The second-order valence-electron chi connectivity index (χ2n) is 4.92. The van der Waals surface area contributed by atoms with Crippen molar-refractivity contribution in [1.82, 2.24) is 15.0 Å². The van der Waals surface area contributed by atoms with Crippen LogP contribution in [-0.4, -0.2) is 32.7 Å². The van der Waals surface area contributed by atoms with Gasteiger partial charge in [-0.3, -0.25) is 0 Å². The number of aryl methyl sites for hydroxylation is 2. The monoisotopic (exact) mass is 289 g/mol. The average Bonchev–Trinajstić information content (AvgIpc) is 2.80. The van der Waals surface area contributed by atoms with Gasteiger partial charge in [0.1, 0.15) is 5.75 Å². The first-order valence-corrected chi connectivity index (χ1v) is 6.91. The first-order chi connectivity index (χ1) is 10.1. The summed E-state index contributed by atoms with van der Waals surface area (Å²) in [6.45, 7) is 5.01. The third-order valence-electron chi connectivity index (χ3n) is 3.21. The molecule has 0 atom stereocenters. The maximum absolute atomic E-state index is 10.9. The van der Waals surface area contributed by atoms with Gasteiger partial charge in [0.25, 0.3) is 0 Å². The topological polar surface area (TPSA) is 77.2 Å². The maximum Gasteiger partial charge on any atom is 0.358 e. The highest BCUT2D eigenvalue weighted by molar-refractivity contribution is 5.86. The van der Waals surface area contributed by atoms with Gasteiger partial charge in [0, 0.05) is 6.54 Å². The van der Waals surface area contributed by atoms with Crippen LogP contribution in [-0.2, 0) is 6.54 Å². The highest BCUT2D eigenvalue weighted by atomic mass is 16.5. The second-order valence-corrected chi connectivity index (χ2v) is 4.92. The van der Waals surface area contributed by atoms with Crippen molar-refractivity contribution in [2.24, 2.45) is 0 Å². The fraction of sp³-hybridized carbons (Fsp3) is 0.400. The molecule has 0 spiro atoms. The van der Waals surface area contributed by atoms with Gasteiger partial charge in [-0.2, -0.15) is 0 Å². The molecule has 0 aliphatic rings. The Morgan fingerprint density at radius 3 is 2.81 bits per heavy atom. The third-order valence-corrected chi connectivity index (χ3v) is 3.21. The second kappa shape index (κ2) is 6.88. The fourth-order valence-electron chi connectivity index (χ4n) is 2.03. The zero-order valence-corrected chi connectivity index (χ0v) is 12.2. The Hall–Kier alpha value is -2.37. The van der Waals surface area contributed by atoms with Gasteiger partial charge in [-0.25, -0.2) is 9.48 Å². The van der Waals surface area contributed by atoms with Crippen LogP contribution in [0.25, 0.3) is 0 Å². The number of carbonyl (C=O) groups is 1. The van der Waals surface area contributed by atoms with E-state index in [9.17, 15) is 4.79 Å². The van der Waals surface area contributed by atoms with E-state index in [1.807, 2.05) is 31.2 Å². The summed E-state index contributed by atoms with van der Waals surface area (Å²) in [6, 6.07) is 7.94. The zero-order chi connectivity index (χ0) is 15.2. The van der Waals surface area contributed by atoms with Crippen molar-refractivity contribution in [3.8, 4) is 5.75 Å². The molecule has 1 heterocycles. The zero-order valence-electron chi connectivity index (χ0n) is 12.2. The fourth-order valence-corrected chi connectivity index (χ4v) is 2.03. The number of aromatic carboxylic acids is 1. The summed E-state index contributed by atoms with van der Waals surface area (Å²) in [5.74, 6) is -0.165. The van der Waals surface area contributed by atoms with Crippen molar-refractivity contribution < 1.29 is 14.6 Å². The molecule has 1 N–H and O–H groups in total. The molecular formula is C15H19N3O3. The summed E-state index contributed by atoms with van der Waals surface area (Å²) in [6.07, 6.45) is 1.73. The Morgan fingerprint density at radius 2 is 2.14 bits per heavy atom. The lowest BCUT2D eigenvalue weighted by Gasteiger charge is -2.07.